The Bertz CT molecular complexity index is 1160. The number of hydrogen-bond donors (Lipinski definition) is 4. The molecule has 7 nitrogen and oxygen atoms in total. The first-order valence-electron chi connectivity index (χ1n) is 10.4. The molecule has 2 amide bonds. The molecule has 0 fully saturated rings. The zero-order chi connectivity index (χ0) is 23.8. The first-order chi connectivity index (χ1) is 15.9. The number of carbonyl (C=O) groups is 2. The van der Waals surface area contributed by atoms with Crippen molar-refractivity contribution in [1.82, 2.24) is 5.48 Å². The van der Waals surface area contributed by atoms with E-state index >= 15 is 0 Å². The molecule has 3 aromatic rings. The van der Waals surface area contributed by atoms with E-state index in [-0.39, 0.29) is 11.7 Å². The summed E-state index contributed by atoms with van der Waals surface area (Å²) in [6, 6.07) is 18.3. The fraction of sp³-hybridized carbons (Fsp3) is 0.200. The van der Waals surface area contributed by atoms with Gasteiger partial charge >= 0.3 is 6.09 Å². The minimum Gasteiger partial charge on any atom is -0.508 e. The van der Waals surface area contributed by atoms with Gasteiger partial charge in [0, 0.05) is 21.5 Å². The van der Waals surface area contributed by atoms with E-state index in [0.29, 0.717) is 24.1 Å². The third-order valence-corrected chi connectivity index (χ3v) is 5.73. The molecule has 33 heavy (non-hydrogen) atoms. The van der Waals surface area contributed by atoms with Crippen molar-refractivity contribution in [2.45, 2.75) is 25.9 Å². The van der Waals surface area contributed by atoms with Crippen LogP contribution >= 0.6 is 15.9 Å². The van der Waals surface area contributed by atoms with Crippen molar-refractivity contribution in [3.05, 3.63) is 82.9 Å². The maximum atomic E-state index is 12.9. The second-order valence-corrected chi connectivity index (χ2v) is 8.53. The van der Waals surface area contributed by atoms with Crippen LogP contribution in [0.2, 0.25) is 0 Å². The van der Waals surface area contributed by atoms with Crippen LogP contribution in [0, 0.1) is 5.92 Å². The lowest BCUT2D eigenvalue weighted by Gasteiger charge is -2.25. The fourth-order valence-electron chi connectivity index (χ4n) is 3.57. The zero-order valence-corrected chi connectivity index (χ0v) is 19.6. The topological polar surface area (TPSA) is 108 Å². The lowest BCUT2D eigenvalue weighted by molar-refractivity contribution is -0.124. The van der Waals surface area contributed by atoms with Gasteiger partial charge < -0.3 is 9.84 Å². The number of hydrogen-bond acceptors (Lipinski definition) is 5. The van der Waals surface area contributed by atoms with E-state index in [1.165, 1.54) is 17.6 Å². The van der Waals surface area contributed by atoms with Gasteiger partial charge in [-0.3, -0.25) is 15.3 Å². The number of amides is 2. The third-order valence-electron chi connectivity index (χ3n) is 5.24. The summed E-state index contributed by atoms with van der Waals surface area (Å²) in [4.78, 5) is 24.0. The highest BCUT2D eigenvalue weighted by atomic mass is 79.9. The van der Waals surface area contributed by atoms with E-state index in [4.69, 9.17) is 9.94 Å². The summed E-state index contributed by atoms with van der Waals surface area (Å²) >= 11 is 3.40. The highest BCUT2D eigenvalue weighted by Crippen LogP contribution is 2.37. The van der Waals surface area contributed by atoms with Gasteiger partial charge in [0.05, 0.1) is 5.69 Å². The van der Waals surface area contributed by atoms with Crippen LogP contribution in [0.15, 0.2) is 77.3 Å². The van der Waals surface area contributed by atoms with Crippen LogP contribution < -0.4 is 10.8 Å². The predicted octanol–water partition coefficient (Wildman–Crippen LogP) is 6.08. The van der Waals surface area contributed by atoms with Crippen LogP contribution in [0.4, 0.5) is 10.5 Å². The van der Waals surface area contributed by atoms with Crippen LogP contribution in [0.1, 0.15) is 31.4 Å². The summed E-state index contributed by atoms with van der Waals surface area (Å²) in [6.45, 7) is 1.90. The number of rotatable bonds is 8. The molecule has 0 aromatic heterocycles. The second-order valence-electron chi connectivity index (χ2n) is 7.61. The average Bonchev–Trinajstić information content (AvgIpc) is 2.82. The fourth-order valence-corrected chi connectivity index (χ4v) is 3.95. The SMILES string of the molecule is C[C@H](CC/C=C/C(=O)NO)[C@@H](OC(=O)Nc1cccc2ccccc12)c1cc(Br)ccc1O. The smallest absolute Gasteiger partial charge is 0.412 e. The molecule has 3 rings (SSSR count). The number of aromatic hydroxyl groups is 1. The average molecular weight is 513 g/mol. The molecule has 0 radical (unpaired) electrons. The number of allylic oxidation sites excluding steroid dienone is 1. The lowest BCUT2D eigenvalue weighted by Crippen LogP contribution is -2.22. The summed E-state index contributed by atoms with van der Waals surface area (Å²) in [5, 5.41) is 23.7. The van der Waals surface area contributed by atoms with Gasteiger partial charge in [-0.25, -0.2) is 10.3 Å². The molecule has 4 N–H and O–H groups in total. The van der Waals surface area contributed by atoms with Gasteiger partial charge in [-0.1, -0.05) is 65.3 Å². The van der Waals surface area contributed by atoms with Gasteiger partial charge in [-0.15, -0.1) is 0 Å². The monoisotopic (exact) mass is 512 g/mol. The zero-order valence-electron chi connectivity index (χ0n) is 18.0. The quantitative estimate of drug-likeness (QED) is 0.166. The Morgan fingerprint density at radius 1 is 1.12 bits per heavy atom. The molecule has 3 aromatic carbocycles. The molecule has 0 aliphatic carbocycles. The van der Waals surface area contributed by atoms with Crippen molar-refractivity contribution in [2.75, 3.05) is 5.32 Å². The number of fused-ring (bicyclic) bond motifs is 1. The molecule has 0 spiro atoms. The molecule has 0 aliphatic heterocycles. The number of nitrogens with one attached hydrogen (secondary N) is 2. The molecule has 0 saturated heterocycles. The number of ether oxygens (including phenoxy) is 1. The normalized spacial score (nSPS) is 12.9. The maximum absolute atomic E-state index is 12.9. The number of hydroxylamine groups is 1. The van der Waals surface area contributed by atoms with E-state index in [1.54, 1.807) is 24.3 Å². The van der Waals surface area contributed by atoms with Gasteiger partial charge in [-0.05, 0) is 48.4 Å². The van der Waals surface area contributed by atoms with E-state index in [2.05, 4.69) is 21.2 Å². The largest absolute Gasteiger partial charge is 0.508 e. The van der Waals surface area contributed by atoms with Crippen molar-refractivity contribution in [3.8, 4) is 5.75 Å². The van der Waals surface area contributed by atoms with Crippen LogP contribution in [0.3, 0.4) is 0 Å². The van der Waals surface area contributed by atoms with Gasteiger partial charge in [0.2, 0.25) is 0 Å². The molecular formula is C25H25BrN2O5. The van der Waals surface area contributed by atoms with E-state index < -0.39 is 18.1 Å². The first-order valence-corrected chi connectivity index (χ1v) is 11.2. The number of anilines is 1. The van der Waals surface area contributed by atoms with Gasteiger partial charge in [-0.2, -0.15) is 0 Å². The molecular weight excluding hydrogens is 488 g/mol. The minimum atomic E-state index is -0.738. The van der Waals surface area contributed by atoms with Crippen LogP contribution in [0.25, 0.3) is 10.8 Å². The van der Waals surface area contributed by atoms with Gasteiger partial charge in [0.15, 0.2) is 0 Å². The summed E-state index contributed by atoms with van der Waals surface area (Å²) in [5.41, 5.74) is 2.64. The van der Waals surface area contributed by atoms with Crippen molar-refractivity contribution in [2.24, 2.45) is 5.92 Å². The number of halogens is 1. The molecule has 0 heterocycles. The maximum Gasteiger partial charge on any atom is 0.412 e. The van der Waals surface area contributed by atoms with Crippen LogP contribution in [0.5, 0.6) is 5.75 Å². The molecule has 0 bridgehead atoms. The summed E-state index contributed by atoms with van der Waals surface area (Å²) in [5.74, 6) is -0.789. The van der Waals surface area contributed by atoms with Crippen LogP contribution in [-0.2, 0) is 9.53 Å². The van der Waals surface area contributed by atoms with Crippen molar-refractivity contribution >= 4 is 44.4 Å². The summed E-state index contributed by atoms with van der Waals surface area (Å²) in [6.07, 6.45) is 2.54. The molecule has 172 valence electrons. The van der Waals surface area contributed by atoms with Crippen molar-refractivity contribution in [1.29, 1.82) is 0 Å². The molecule has 8 heteroatoms. The highest BCUT2D eigenvalue weighted by Gasteiger charge is 2.26. The minimum absolute atomic E-state index is 0.0169. The van der Waals surface area contributed by atoms with Crippen molar-refractivity contribution < 1.29 is 24.6 Å². The number of phenols is 1. The first kappa shape index (κ1) is 24.3. The standard InChI is InChI=1S/C25H25BrN2O5/c1-16(7-2-5-12-23(30)28-32)24(20-15-18(26)13-14-22(20)29)33-25(31)27-21-11-6-9-17-8-3-4-10-19(17)21/h3-6,8-16,24,29,32H,2,7H2,1H3,(H,27,31)(H,28,30)/b12-5+/t16-,24-/m1/s1. The lowest BCUT2D eigenvalue weighted by atomic mass is 9.92. The molecule has 0 aliphatic rings. The van der Waals surface area contributed by atoms with Crippen LogP contribution in [-0.4, -0.2) is 22.3 Å². The molecule has 0 saturated carbocycles. The Hall–Kier alpha value is -3.36. The number of benzene rings is 3. The van der Waals surface area contributed by atoms with E-state index in [0.717, 1.165) is 15.2 Å². The number of phenolic OH excluding ortho intramolecular Hbond substituents is 1. The Kier molecular flexibility index (Phi) is 8.46. The van der Waals surface area contributed by atoms with E-state index in [9.17, 15) is 14.7 Å². The van der Waals surface area contributed by atoms with Gasteiger partial charge in [0.25, 0.3) is 5.91 Å². The molecule has 2 atom stereocenters. The van der Waals surface area contributed by atoms with Crippen molar-refractivity contribution in [3.63, 3.8) is 0 Å². The Morgan fingerprint density at radius 3 is 2.67 bits per heavy atom. The Labute approximate surface area is 200 Å². The predicted molar refractivity (Wildman–Crippen MR) is 130 cm³/mol. The second kappa shape index (κ2) is 11.5. The Balaban J connectivity index is 1.79. The van der Waals surface area contributed by atoms with E-state index in [1.807, 2.05) is 43.3 Å². The summed E-state index contributed by atoms with van der Waals surface area (Å²) in [7, 11) is 0. The number of carbonyl (C=O) groups excluding carboxylic acids is 2. The highest BCUT2D eigenvalue weighted by molar-refractivity contribution is 9.10. The van der Waals surface area contributed by atoms with Gasteiger partial charge in [0.1, 0.15) is 11.9 Å². The Morgan fingerprint density at radius 2 is 1.88 bits per heavy atom. The summed E-state index contributed by atoms with van der Waals surface area (Å²) < 4.78 is 6.55. The third kappa shape index (κ3) is 6.57. The molecule has 0 unspecified atom stereocenters.